The maximum absolute atomic E-state index is 10.6. The highest BCUT2D eigenvalue weighted by Crippen LogP contribution is 2.33. The predicted molar refractivity (Wildman–Crippen MR) is 82.8 cm³/mol. The number of rotatable bonds is 5. The summed E-state index contributed by atoms with van der Waals surface area (Å²) in [6.45, 7) is 0.926. The molecular formula is C12H13Cl3N2O4. The Hall–Kier alpha value is -1.24. The molecule has 1 atom stereocenters. The average molecular weight is 356 g/mol. The second-order valence-corrected chi connectivity index (χ2v) is 6.54. The number of phenolic OH excluding ortho intramolecular Hbond substituents is 1. The molecule has 1 N–H and O–H groups in total. The highest BCUT2D eigenvalue weighted by atomic mass is 35.6. The molecule has 0 radical (unpaired) electrons. The van der Waals surface area contributed by atoms with Gasteiger partial charge < -0.3 is 9.84 Å². The van der Waals surface area contributed by atoms with Gasteiger partial charge in [0.05, 0.1) is 7.11 Å². The molecule has 1 unspecified atom stereocenters. The first-order chi connectivity index (χ1) is 9.65. The average Bonchev–Trinajstić information content (AvgIpc) is 2.35. The molecule has 0 amide bonds. The molecule has 9 heteroatoms. The number of methoxy groups -OCH3 is 1. The molecule has 0 saturated heterocycles. The summed E-state index contributed by atoms with van der Waals surface area (Å²) in [5.41, 5.74) is 0.687. The number of aliphatic imine (C=N–C) groups is 1. The lowest BCUT2D eigenvalue weighted by Gasteiger charge is -2.18. The van der Waals surface area contributed by atoms with E-state index in [4.69, 9.17) is 39.5 Å². The molecule has 116 valence electrons. The monoisotopic (exact) mass is 354 g/mol. The number of benzene rings is 1. The molecule has 0 bridgehead atoms. The lowest BCUT2D eigenvalue weighted by atomic mass is 10.1. The van der Waals surface area contributed by atoms with Crippen LogP contribution < -0.4 is 4.74 Å². The lowest BCUT2D eigenvalue weighted by molar-refractivity contribution is -0.482. The summed E-state index contributed by atoms with van der Waals surface area (Å²) in [5, 5.41) is 20.5. The van der Waals surface area contributed by atoms with E-state index < -0.39 is 21.3 Å². The number of hydrogen-bond acceptors (Lipinski definition) is 5. The van der Waals surface area contributed by atoms with E-state index in [0.717, 1.165) is 0 Å². The summed E-state index contributed by atoms with van der Waals surface area (Å²) in [6, 6.07) is 3.41. The van der Waals surface area contributed by atoms with Crippen molar-refractivity contribution < 1.29 is 14.8 Å². The van der Waals surface area contributed by atoms with Crippen molar-refractivity contribution in [3.63, 3.8) is 0 Å². The number of alkyl halides is 3. The smallest absolute Gasteiger partial charge is 0.230 e. The van der Waals surface area contributed by atoms with Crippen LogP contribution in [-0.2, 0) is 0 Å². The topological polar surface area (TPSA) is 85.0 Å². The van der Waals surface area contributed by atoms with Crippen LogP contribution >= 0.6 is 34.8 Å². The molecule has 0 heterocycles. The van der Waals surface area contributed by atoms with Crippen molar-refractivity contribution in [2.24, 2.45) is 4.99 Å². The zero-order valence-corrected chi connectivity index (χ0v) is 13.5. The number of aromatic hydroxyl groups is 1. The van der Waals surface area contributed by atoms with Gasteiger partial charge in [-0.1, -0.05) is 34.8 Å². The van der Waals surface area contributed by atoms with Crippen LogP contribution in [0.1, 0.15) is 12.5 Å². The molecule has 1 aromatic rings. The van der Waals surface area contributed by atoms with Crippen molar-refractivity contribution in [1.29, 1.82) is 0 Å². The molecule has 0 spiro atoms. The first-order valence-electron chi connectivity index (χ1n) is 5.75. The number of phenols is 1. The van der Waals surface area contributed by atoms with Crippen molar-refractivity contribution >= 4 is 40.5 Å². The molecule has 0 saturated carbocycles. The van der Waals surface area contributed by atoms with Gasteiger partial charge in [0.25, 0.3) is 0 Å². The Kier molecular flexibility index (Phi) is 6.07. The fourth-order valence-electron chi connectivity index (χ4n) is 1.61. The molecule has 1 aromatic carbocycles. The highest BCUT2D eigenvalue weighted by Gasteiger charge is 2.36. The van der Waals surface area contributed by atoms with Crippen LogP contribution in [0.5, 0.6) is 11.5 Å². The van der Waals surface area contributed by atoms with Gasteiger partial charge in [0, 0.05) is 22.3 Å². The fraction of sp³-hybridized carbons (Fsp3) is 0.417. The third-order valence-electron chi connectivity index (χ3n) is 2.64. The first kappa shape index (κ1) is 17.8. The van der Waals surface area contributed by atoms with E-state index in [1.54, 1.807) is 19.1 Å². The van der Waals surface area contributed by atoms with Crippen LogP contribution in [-0.4, -0.2) is 39.2 Å². The van der Waals surface area contributed by atoms with Crippen LogP contribution in [0.4, 0.5) is 0 Å². The Morgan fingerprint density at radius 1 is 1.52 bits per heavy atom. The summed E-state index contributed by atoms with van der Waals surface area (Å²) in [7, 11) is 1.46. The van der Waals surface area contributed by atoms with Gasteiger partial charge in [-0.05, 0) is 19.1 Å². The van der Waals surface area contributed by atoms with Crippen LogP contribution in [0.25, 0.3) is 0 Å². The minimum Gasteiger partial charge on any atom is -0.507 e. The lowest BCUT2D eigenvalue weighted by Crippen LogP contribution is -2.32. The third-order valence-corrected chi connectivity index (χ3v) is 3.40. The molecule has 21 heavy (non-hydrogen) atoms. The second-order valence-electron chi connectivity index (χ2n) is 4.17. The Morgan fingerprint density at radius 2 is 2.14 bits per heavy atom. The normalized spacial score (nSPS) is 13.9. The maximum Gasteiger partial charge on any atom is 0.230 e. The summed E-state index contributed by atoms with van der Waals surface area (Å²) in [5.74, 6) is 0.382. The molecular weight excluding hydrogens is 343 g/mol. The van der Waals surface area contributed by atoms with Gasteiger partial charge in [0.1, 0.15) is 11.5 Å². The van der Waals surface area contributed by atoms with Crippen molar-refractivity contribution in [1.82, 2.24) is 0 Å². The number of nitro groups is 1. The van der Waals surface area contributed by atoms with Crippen LogP contribution in [0.2, 0.25) is 0 Å². The molecule has 0 aliphatic carbocycles. The van der Waals surface area contributed by atoms with E-state index >= 15 is 0 Å². The number of halogens is 3. The Balaban J connectivity index is 3.13. The van der Waals surface area contributed by atoms with Crippen molar-refractivity contribution in [3.8, 4) is 11.5 Å². The maximum atomic E-state index is 10.6. The van der Waals surface area contributed by atoms with Gasteiger partial charge >= 0.3 is 0 Å². The number of hydrogen-bond donors (Lipinski definition) is 1. The van der Waals surface area contributed by atoms with Crippen LogP contribution in [0, 0.1) is 10.1 Å². The van der Waals surface area contributed by atoms with E-state index in [1.165, 1.54) is 13.2 Å². The number of ether oxygens (including phenoxy) is 1. The largest absolute Gasteiger partial charge is 0.507 e. The summed E-state index contributed by atoms with van der Waals surface area (Å²) in [4.78, 5) is 14.1. The molecule has 1 rings (SSSR count). The SMILES string of the molecule is COc1ccc(C(C)=NC(C[N+](=O)[O-])C(Cl)(Cl)Cl)c(O)c1. The standard InChI is InChI=1S/C12H13Cl3N2O4/c1-7(9-4-3-8(21-2)5-10(9)18)16-11(6-17(19)20)12(13,14)15/h3-5,11,18H,6H2,1-2H3. The summed E-state index contributed by atoms with van der Waals surface area (Å²) >= 11 is 17.1. The molecule has 0 aliphatic rings. The van der Waals surface area contributed by atoms with Gasteiger partial charge in [-0.3, -0.25) is 15.1 Å². The Bertz CT molecular complexity index is 558. The third kappa shape index (κ3) is 5.22. The Morgan fingerprint density at radius 3 is 2.57 bits per heavy atom. The zero-order valence-electron chi connectivity index (χ0n) is 11.2. The molecule has 0 fully saturated rings. The molecule has 6 nitrogen and oxygen atoms in total. The van der Waals surface area contributed by atoms with Crippen molar-refractivity contribution in [3.05, 3.63) is 33.9 Å². The second kappa shape index (κ2) is 7.15. The van der Waals surface area contributed by atoms with Crippen LogP contribution in [0.15, 0.2) is 23.2 Å². The highest BCUT2D eigenvalue weighted by molar-refractivity contribution is 6.68. The van der Waals surface area contributed by atoms with E-state index in [9.17, 15) is 15.2 Å². The summed E-state index contributed by atoms with van der Waals surface area (Å²) in [6.07, 6.45) is 0. The Labute approximate surface area is 136 Å². The quantitative estimate of drug-likeness (QED) is 0.380. The van der Waals surface area contributed by atoms with Gasteiger partial charge in [-0.15, -0.1) is 0 Å². The zero-order chi connectivity index (χ0) is 16.2. The van der Waals surface area contributed by atoms with Crippen LogP contribution in [0.3, 0.4) is 0 Å². The van der Waals surface area contributed by atoms with E-state index in [0.29, 0.717) is 17.0 Å². The van der Waals surface area contributed by atoms with Crippen molar-refractivity contribution in [2.45, 2.75) is 16.8 Å². The fourth-order valence-corrected chi connectivity index (χ4v) is 1.96. The van der Waals surface area contributed by atoms with E-state index in [2.05, 4.69) is 4.99 Å². The number of nitrogens with zero attached hydrogens (tertiary/aromatic N) is 2. The predicted octanol–water partition coefficient (Wildman–Crippen LogP) is 3.23. The minimum atomic E-state index is -1.92. The first-order valence-corrected chi connectivity index (χ1v) is 6.88. The molecule has 0 aromatic heterocycles. The van der Waals surface area contributed by atoms with E-state index in [-0.39, 0.29) is 5.75 Å². The van der Waals surface area contributed by atoms with Gasteiger partial charge in [0.15, 0.2) is 6.04 Å². The van der Waals surface area contributed by atoms with Gasteiger partial charge in [-0.25, -0.2) is 0 Å². The van der Waals surface area contributed by atoms with E-state index in [1.807, 2.05) is 0 Å². The minimum absolute atomic E-state index is 0.0835. The molecule has 0 aliphatic heterocycles. The van der Waals surface area contributed by atoms with Crippen molar-refractivity contribution in [2.75, 3.05) is 13.7 Å². The summed E-state index contributed by atoms with van der Waals surface area (Å²) < 4.78 is 3.04. The van der Waals surface area contributed by atoms with Gasteiger partial charge in [-0.2, -0.15) is 0 Å². The van der Waals surface area contributed by atoms with Gasteiger partial charge in [0.2, 0.25) is 10.3 Å².